The maximum atomic E-state index is 13.3. The number of fused-ring (bicyclic) bond motifs is 1. The van der Waals surface area contributed by atoms with Crippen molar-refractivity contribution >= 4 is 48.5 Å². The smallest absolute Gasteiger partial charge is 0.260 e. The molecular weight excluding hydrogens is 452 g/mol. The first-order valence-corrected chi connectivity index (χ1v) is 10.7. The summed E-state index contributed by atoms with van der Waals surface area (Å²) in [6.07, 6.45) is 6.24. The SMILES string of the molecule is COc1cccc2sc(N(CCCn3ccnc3)C(=O)c3cccc(Br)c3)nc12. The second-order valence-corrected chi connectivity index (χ2v) is 8.35. The lowest BCUT2D eigenvalue weighted by Gasteiger charge is -2.20. The summed E-state index contributed by atoms with van der Waals surface area (Å²) in [6.45, 7) is 1.32. The van der Waals surface area contributed by atoms with E-state index in [-0.39, 0.29) is 5.91 Å². The summed E-state index contributed by atoms with van der Waals surface area (Å²) in [7, 11) is 1.63. The number of anilines is 1. The Morgan fingerprint density at radius 2 is 2.14 bits per heavy atom. The molecule has 0 aliphatic heterocycles. The van der Waals surface area contributed by atoms with Crippen molar-refractivity contribution in [3.05, 3.63) is 71.2 Å². The molecule has 0 spiro atoms. The molecule has 2 heterocycles. The highest BCUT2D eigenvalue weighted by molar-refractivity contribution is 9.10. The van der Waals surface area contributed by atoms with Gasteiger partial charge in [-0.05, 0) is 36.8 Å². The number of imidazole rings is 1. The predicted molar refractivity (Wildman–Crippen MR) is 119 cm³/mol. The van der Waals surface area contributed by atoms with E-state index >= 15 is 0 Å². The van der Waals surface area contributed by atoms with Crippen molar-refractivity contribution in [3.8, 4) is 5.75 Å². The number of methoxy groups -OCH3 is 1. The minimum Gasteiger partial charge on any atom is -0.494 e. The molecule has 29 heavy (non-hydrogen) atoms. The highest BCUT2D eigenvalue weighted by atomic mass is 79.9. The number of thiazole rings is 1. The Morgan fingerprint density at radius 3 is 2.90 bits per heavy atom. The predicted octanol–water partition coefficient (Wildman–Crippen LogP) is 5.00. The molecule has 0 saturated carbocycles. The quantitative estimate of drug-likeness (QED) is 0.381. The Bertz CT molecular complexity index is 1130. The lowest BCUT2D eigenvalue weighted by Crippen LogP contribution is -2.32. The Hall–Kier alpha value is -2.71. The largest absolute Gasteiger partial charge is 0.494 e. The first-order valence-electron chi connectivity index (χ1n) is 9.12. The van der Waals surface area contributed by atoms with Crippen LogP contribution in [0.3, 0.4) is 0 Å². The second kappa shape index (κ2) is 8.75. The van der Waals surface area contributed by atoms with Crippen LogP contribution in [0.15, 0.2) is 65.7 Å². The molecule has 0 aliphatic carbocycles. The summed E-state index contributed by atoms with van der Waals surface area (Å²) in [5.41, 5.74) is 1.39. The van der Waals surface area contributed by atoms with Crippen molar-refractivity contribution in [2.45, 2.75) is 13.0 Å². The molecule has 4 aromatic rings. The van der Waals surface area contributed by atoms with Crippen LogP contribution < -0.4 is 9.64 Å². The molecule has 0 atom stereocenters. The highest BCUT2D eigenvalue weighted by Crippen LogP contribution is 2.34. The number of carbonyl (C=O) groups is 1. The summed E-state index contributed by atoms with van der Waals surface area (Å²) in [5, 5.41) is 0.667. The van der Waals surface area contributed by atoms with Gasteiger partial charge in [0.15, 0.2) is 5.13 Å². The molecule has 2 aromatic heterocycles. The number of carbonyl (C=O) groups excluding carboxylic acids is 1. The molecule has 8 heteroatoms. The minimum atomic E-state index is -0.0741. The minimum absolute atomic E-state index is 0.0741. The number of hydrogen-bond donors (Lipinski definition) is 0. The van der Waals surface area contributed by atoms with Gasteiger partial charge in [-0.25, -0.2) is 9.97 Å². The molecule has 0 radical (unpaired) electrons. The van der Waals surface area contributed by atoms with Crippen LogP contribution in [0.2, 0.25) is 0 Å². The average Bonchev–Trinajstić information content (AvgIpc) is 3.40. The molecule has 1 amide bonds. The van der Waals surface area contributed by atoms with Crippen LogP contribution in [-0.2, 0) is 6.54 Å². The number of rotatable bonds is 7. The van der Waals surface area contributed by atoms with Crippen LogP contribution in [0, 0.1) is 0 Å². The van der Waals surface area contributed by atoms with E-state index in [0.29, 0.717) is 23.0 Å². The van der Waals surface area contributed by atoms with Gasteiger partial charge in [-0.2, -0.15) is 0 Å². The van der Waals surface area contributed by atoms with Crippen molar-refractivity contribution < 1.29 is 9.53 Å². The van der Waals surface area contributed by atoms with Crippen molar-refractivity contribution in [2.24, 2.45) is 0 Å². The van der Waals surface area contributed by atoms with E-state index in [2.05, 4.69) is 20.9 Å². The van der Waals surface area contributed by atoms with E-state index in [1.54, 1.807) is 24.5 Å². The van der Waals surface area contributed by atoms with Gasteiger partial charge in [0.05, 0.1) is 18.1 Å². The molecule has 4 rings (SSSR count). The Kier molecular flexibility index (Phi) is 5.92. The van der Waals surface area contributed by atoms with Gasteiger partial charge in [-0.3, -0.25) is 9.69 Å². The lowest BCUT2D eigenvalue weighted by molar-refractivity contribution is 0.0986. The summed E-state index contributed by atoms with van der Waals surface area (Å²) >= 11 is 4.94. The number of aromatic nitrogens is 3. The molecule has 148 valence electrons. The highest BCUT2D eigenvalue weighted by Gasteiger charge is 2.22. The number of para-hydroxylation sites is 1. The van der Waals surface area contributed by atoms with Gasteiger partial charge in [0.2, 0.25) is 0 Å². The summed E-state index contributed by atoms with van der Waals surface area (Å²) in [4.78, 5) is 23.9. The molecule has 0 fully saturated rings. The Labute approximate surface area is 180 Å². The molecule has 2 aromatic carbocycles. The monoisotopic (exact) mass is 470 g/mol. The summed E-state index contributed by atoms with van der Waals surface area (Å²) in [6, 6.07) is 13.2. The zero-order chi connectivity index (χ0) is 20.2. The van der Waals surface area contributed by atoms with Gasteiger partial charge in [0.25, 0.3) is 5.91 Å². The lowest BCUT2D eigenvalue weighted by atomic mass is 10.2. The van der Waals surface area contributed by atoms with E-state index in [0.717, 1.165) is 27.7 Å². The van der Waals surface area contributed by atoms with Crippen molar-refractivity contribution in [3.63, 3.8) is 0 Å². The third-order valence-electron chi connectivity index (χ3n) is 4.50. The second-order valence-electron chi connectivity index (χ2n) is 6.42. The topological polar surface area (TPSA) is 60.2 Å². The van der Waals surface area contributed by atoms with E-state index in [1.165, 1.54) is 11.3 Å². The molecule has 6 nitrogen and oxygen atoms in total. The molecule has 0 N–H and O–H groups in total. The zero-order valence-electron chi connectivity index (χ0n) is 15.8. The first kappa shape index (κ1) is 19.6. The fraction of sp³-hybridized carbons (Fsp3) is 0.190. The number of amides is 1. The maximum Gasteiger partial charge on any atom is 0.260 e. The fourth-order valence-corrected chi connectivity index (χ4v) is 4.49. The van der Waals surface area contributed by atoms with E-state index in [9.17, 15) is 4.79 Å². The standard InChI is InChI=1S/C21H19BrN4O2S/c1-28-17-7-3-8-18-19(17)24-21(29-18)26(11-4-10-25-12-9-23-14-25)20(27)15-5-2-6-16(22)13-15/h2-3,5-9,12-14H,4,10-11H2,1H3. The van der Waals surface area contributed by atoms with Gasteiger partial charge in [-0.15, -0.1) is 0 Å². The van der Waals surface area contributed by atoms with E-state index < -0.39 is 0 Å². The third-order valence-corrected chi connectivity index (χ3v) is 6.03. The van der Waals surface area contributed by atoms with Gasteiger partial charge < -0.3 is 9.30 Å². The third kappa shape index (κ3) is 4.33. The fourth-order valence-electron chi connectivity index (χ4n) is 3.08. The molecule has 0 saturated heterocycles. The summed E-state index contributed by atoms with van der Waals surface area (Å²) < 4.78 is 9.29. The summed E-state index contributed by atoms with van der Waals surface area (Å²) in [5.74, 6) is 0.633. The van der Waals surface area contributed by atoms with Gasteiger partial charge in [-0.1, -0.05) is 39.4 Å². The van der Waals surface area contributed by atoms with Gasteiger partial charge in [0.1, 0.15) is 11.3 Å². The number of ether oxygens (including phenoxy) is 1. The van der Waals surface area contributed by atoms with Crippen LogP contribution in [0.1, 0.15) is 16.8 Å². The van der Waals surface area contributed by atoms with E-state index in [4.69, 9.17) is 9.72 Å². The van der Waals surface area contributed by atoms with Crippen molar-refractivity contribution in [1.82, 2.24) is 14.5 Å². The van der Waals surface area contributed by atoms with Crippen LogP contribution in [0.25, 0.3) is 10.2 Å². The van der Waals surface area contributed by atoms with Gasteiger partial charge in [0, 0.05) is 35.5 Å². The van der Waals surface area contributed by atoms with Crippen LogP contribution in [0.4, 0.5) is 5.13 Å². The number of halogens is 1. The molecule has 0 aliphatic rings. The molecule has 0 bridgehead atoms. The number of nitrogens with zero attached hydrogens (tertiary/aromatic N) is 4. The van der Waals surface area contributed by atoms with Gasteiger partial charge >= 0.3 is 0 Å². The zero-order valence-corrected chi connectivity index (χ0v) is 18.2. The van der Waals surface area contributed by atoms with E-state index in [1.807, 2.05) is 53.2 Å². The van der Waals surface area contributed by atoms with Crippen LogP contribution in [0.5, 0.6) is 5.75 Å². The normalized spacial score (nSPS) is 11.0. The number of aryl methyl sites for hydroxylation is 1. The number of hydrogen-bond acceptors (Lipinski definition) is 5. The molecule has 0 unspecified atom stereocenters. The molecular formula is C21H19BrN4O2S. The Balaban J connectivity index is 1.66. The number of benzene rings is 2. The van der Waals surface area contributed by atoms with Crippen molar-refractivity contribution in [2.75, 3.05) is 18.6 Å². The Morgan fingerprint density at radius 1 is 1.28 bits per heavy atom. The van der Waals surface area contributed by atoms with Crippen LogP contribution >= 0.6 is 27.3 Å². The maximum absolute atomic E-state index is 13.3. The van der Waals surface area contributed by atoms with Crippen molar-refractivity contribution in [1.29, 1.82) is 0 Å². The first-order chi connectivity index (χ1) is 14.2. The average molecular weight is 471 g/mol. The van der Waals surface area contributed by atoms with Crippen LogP contribution in [-0.4, -0.2) is 34.1 Å².